The maximum absolute atomic E-state index is 12.5. The van der Waals surface area contributed by atoms with E-state index in [2.05, 4.69) is 58.2 Å². The minimum atomic E-state index is 0.0706. The van der Waals surface area contributed by atoms with E-state index in [0.717, 1.165) is 40.4 Å². The molecule has 0 aliphatic heterocycles. The van der Waals surface area contributed by atoms with E-state index in [4.69, 9.17) is 0 Å². The molecule has 23 heavy (non-hydrogen) atoms. The van der Waals surface area contributed by atoms with Crippen molar-refractivity contribution in [3.8, 4) is 0 Å². The van der Waals surface area contributed by atoms with Crippen molar-refractivity contribution < 1.29 is 4.79 Å². The van der Waals surface area contributed by atoms with Crippen LogP contribution < -0.4 is 5.32 Å². The van der Waals surface area contributed by atoms with Gasteiger partial charge in [0.05, 0.1) is 5.56 Å². The molecule has 0 unspecified atom stereocenters. The maximum Gasteiger partial charge on any atom is 0.252 e. The van der Waals surface area contributed by atoms with Crippen LogP contribution in [0.2, 0.25) is 0 Å². The summed E-state index contributed by atoms with van der Waals surface area (Å²) in [5.41, 5.74) is 3.40. The number of hydrogen-bond acceptors (Lipinski definition) is 1. The summed E-state index contributed by atoms with van der Waals surface area (Å²) >= 11 is 2.26. The van der Waals surface area contributed by atoms with Gasteiger partial charge in [-0.1, -0.05) is 42.5 Å². The zero-order valence-corrected chi connectivity index (χ0v) is 15.5. The molecule has 0 saturated heterocycles. The minimum absolute atomic E-state index is 0.0706. The van der Waals surface area contributed by atoms with Crippen molar-refractivity contribution in [2.45, 2.75) is 44.6 Å². The summed E-state index contributed by atoms with van der Waals surface area (Å²) in [5.74, 6) is 0.713. The van der Waals surface area contributed by atoms with Crippen LogP contribution in [0.3, 0.4) is 0 Å². The third-order valence-electron chi connectivity index (χ3n) is 4.77. The van der Waals surface area contributed by atoms with Crippen LogP contribution in [0, 0.1) is 10.5 Å². The van der Waals surface area contributed by atoms with Crippen LogP contribution in [-0.4, -0.2) is 11.9 Å². The highest BCUT2D eigenvalue weighted by Gasteiger charge is 2.24. The van der Waals surface area contributed by atoms with Gasteiger partial charge in [-0.25, -0.2) is 0 Å². The zero-order chi connectivity index (χ0) is 16.2. The Morgan fingerprint density at radius 1 is 1.00 bits per heavy atom. The average molecular weight is 419 g/mol. The SMILES string of the molecule is Cc1cccc(C(=O)NC2CCC(c3ccccc3)CC2)c1I. The molecule has 0 aromatic heterocycles. The number of carbonyl (C=O) groups excluding carboxylic acids is 1. The monoisotopic (exact) mass is 419 g/mol. The van der Waals surface area contributed by atoms with Crippen LogP contribution in [-0.2, 0) is 0 Å². The highest BCUT2D eigenvalue weighted by atomic mass is 127. The standard InChI is InChI=1S/C20H22INO/c1-14-6-5-9-18(19(14)21)20(23)22-17-12-10-16(11-13-17)15-7-3-2-4-8-15/h2-9,16-17H,10-13H2,1H3,(H,22,23). The van der Waals surface area contributed by atoms with Crippen molar-refractivity contribution in [1.29, 1.82) is 0 Å². The summed E-state index contributed by atoms with van der Waals surface area (Å²) in [4.78, 5) is 12.5. The Bertz CT molecular complexity index is 675. The van der Waals surface area contributed by atoms with Crippen LogP contribution in [0.4, 0.5) is 0 Å². The summed E-state index contributed by atoms with van der Waals surface area (Å²) in [5, 5.41) is 3.23. The van der Waals surface area contributed by atoms with Crippen LogP contribution in [0.15, 0.2) is 48.5 Å². The predicted molar refractivity (Wildman–Crippen MR) is 103 cm³/mol. The Balaban J connectivity index is 1.58. The molecule has 2 aromatic carbocycles. The molecule has 2 nitrogen and oxygen atoms in total. The van der Waals surface area contributed by atoms with Crippen molar-refractivity contribution in [3.05, 3.63) is 68.8 Å². The van der Waals surface area contributed by atoms with Gasteiger partial charge in [0.2, 0.25) is 0 Å². The number of aryl methyl sites for hydroxylation is 1. The molecule has 0 bridgehead atoms. The lowest BCUT2D eigenvalue weighted by Crippen LogP contribution is -2.37. The molecule has 0 radical (unpaired) electrons. The number of nitrogens with one attached hydrogen (secondary N) is 1. The number of carbonyl (C=O) groups is 1. The van der Waals surface area contributed by atoms with Gasteiger partial charge < -0.3 is 5.32 Å². The van der Waals surface area contributed by atoms with Gasteiger partial charge in [0.15, 0.2) is 0 Å². The first kappa shape index (κ1) is 16.5. The van der Waals surface area contributed by atoms with Crippen LogP contribution in [0.1, 0.15) is 53.1 Å². The van der Waals surface area contributed by atoms with E-state index in [0.29, 0.717) is 12.0 Å². The van der Waals surface area contributed by atoms with E-state index in [1.54, 1.807) is 0 Å². The second-order valence-corrected chi connectivity index (χ2v) is 7.45. The number of amides is 1. The van der Waals surface area contributed by atoms with E-state index in [-0.39, 0.29) is 5.91 Å². The normalized spacial score (nSPS) is 21.0. The van der Waals surface area contributed by atoms with E-state index in [9.17, 15) is 4.79 Å². The molecule has 1 N–H and O–H groups in total. The van der Waals surface area contributed by atoms with Gasteiger partial charge in [0.1, 0.15) is 0 Å². The fourth-order valence-corrected chi connectivity index (χ4v) is 3.99. The quantitative estimate of drug-likeness (QED) is 0.693. The third-order valence-corrected chi connectivity index (χ3v) is 6.20. The lowest BCUT2D eigenvalue weighted by atomic mass is 9.82. The summed E-state index contributed by atoms with van der Waals surface area (Å²) in [6.45, 7) is 2.05. The summed E-state index contributed by atoms with van der Waals surface area (Å²) in [6, 6.07) is 17.0. The first-order valence-electron chi connectivity index (χ1n) is 8.26. The number of benzene rings is 2. The fraction of sp³-hybridized carbons (Fsp3) is 0.350. The molecular formula is C20H22INO. The van der Waals surface area contributed by atoms with Crippen LogP contribution in [0.5, 0.6) is 0 Å². The minimum Gasteiger partial charge on any atom is -0.349 e. The Labute approximate surface area is 151 Å². The molecular weight excluding hydrogens is 397 g/mol. The molecule has 0 atom stereocenters. The summed E-state index contributed by atoms with van der Waals surface area (Å²) in [6.07, 6.45) is 4.43. The number of halogens is 1. The molecule has 1 aliphatic carbocycles. The third kappa shape index (κ3) is 3.94. The van der Waals surface area contributed by atoms with Crippen molar-refractivity contribution in [3.63, 3.8) is 0 Å². The van der Waals surface area contributed by atoms with Crippen molar-refractivity contribution >= 4 is 28.5 Å². The topological polar surface area (TPSA) is 29.1 Å². The van der Waals surface area contributed by atoms with Gasteiger partial charge in [-0.2, -0.15) is 0 Å². The summed E-state index contributed by atoms with van der Waals surface area (Å²) in [7, 11) is 0. The fourth-order valence-electron chi connectivity index (χ4n) is 3.38. The second kappa shape index (κ2) is 7.47. The molecule has 2 aromatic rings. The molecule has 1 amide bonds. The molecule has 120 valence electrons. The molecule has 1 saturated carbocycles. The number of rotatable bonds is 3. The first-order valence-corrected chi connectivity index (χ1v) is 9.34. The first-order chi connectivity index (χ1) is 11.1. The van der Waals surface area contributed by atoms with E-state index >= 15 is 0 Å². The Hall–Kier alpha value is -1.36. The van der Waals surface area contributed by atoms with Crippen LogP contribution >= 0.6 is 22.6 Å². The van der Waals surface area contributed by atoms with E-state index in [1.165, 1.54) is 5.56 Å². The van der Waals surface area contributed by atoms with Crippen molar-refractivity contribution in [2.24, 2.45) is 0 Å². The molecule has 3 heteroatoms. The smallest absolute Gasteiger partial charge is 0.252 e. The molecule has 0 spiro atoms. The van der Waals surface area contributed by atoms with Gasteiger partial charge in [-0.3, -0.25) is 4.79 Å². The molecule has 0 heterocycles. The largest absolute Gasteiger partial charge is 0.349 e. The van der Waals surface area contributed by atoms with Gasteiger partial charge in [0.25, 0.3) is 5.91 Å². The Morgan fingerprint density at radius 2 is 1.70 bits per heavy atom. The van der Waals surface area contributed by atoms with Crippen molar-refractivity contribution in [1.82, 2.24) is 5.32 Å². The Morgan fingerprint density at radius 3 is 2.39 bits per heavy atom. The summed E-state index contributed by atoms with van der Waals surface area (Å²) < 4.78 is 1.06. The molecule has 1 fully saturated rings. The maximum atomic E-state index is 12.5. The molecule has 1 aliphatic rings. The lowest BCUT2D eigenvalue weighted by molar-refractivity contribution is 0.0925. The van der Waals surface area contributed by atoms with Crippen molar-refractivity contribution in [2.75, 3.05) is 0 Å². The van der Waals surface area contributed by atoms with Gasteiger partial charge in [0, 0.05) is 9.61 Å². The van der Waals surface area contributed by atoms with E-state index in [1.807, 2.05) is 25.1 Å². The average Bonchev–Trinajstić information content (AvgIpc) is 2.59. The lowest BCUT2D eigenvalue weighted by Gasteiger charge is -2.29. The predicted octanol–water partition coefficient (Wildman–Crippen LogP) is 5.06. The van der Waals surface area contributed by atoms with Gasteiger partial charge in [-0.05, 0) is 78.3 Å². The van der Waals surface area contributed by atoms with Crippen LogP contribution in [0.25, 0.3) is 0 Å². The Kier molecular flexibility index (Phi) is 5.36. The highest BCUT2D eigenvalue weighted by molar-refractivity contribution is 14.1. The second-order valence-electron chi connectivity index (χ2n) is 6.37. The van der Waals surface area contributed by atoms with E-state index < -0.39 is 0 Å². The van der Waals surface area contributed by atoms with Gasteiger partial charge >= 0.3 is 0 Å². The highest BCUT2D eigenvalue weighted by Crippen LogP contribution is 2.32. The molecule has 3 rings (SSSR count). The zero-order valence-electron chi connectivity index (χ0n) is 13.4. The number of hydrogen-bond donors (Lipinski definition) is 1. The van der Waals surface area contributed by atoms with Gasteiger partial charge in [-0.15, -0.1) is 0 Å².